The van der Waals surface area contributed by atoms with Gasteiger partial charge in [0.25, 0.3) is 0 Å². The Hall–Kier alpha value is -0.410. The smallest absolute Gasteiger partial charge is 0.127 e. The molecule has 0 radical (unpaired) electrons. The van der Waals surface area contributed by atoms with Crippen molar-refractivity contribution in [2.75, 3.05) is 26.7 Å². The molecule has 0 aromatic rings. The third kappa shape index (κ3) is 2.89. The van der Waals surface area contributed by atoms with Crippen molar-refractivity contribution in [2.45, 2.75) is 45.1 Å². The second kappa shape index (κ2) is 5.49. The summed E-state index contributed by atoms with van der Waals surface area (Å²) in [7, 11) is 1.80. The summed E-state index contributed by atoms with van der Waals surface area (Å²) < 4.78 is 5.53. The highest BCUT2D eigenvalue weighted by atomic mass is 16.5. The SMILES string of the molecule is COC1CN(CC2(C=O)CCCC2)CCC1C. The van der Waals surface area contributed by atoms with Gasteiger partial charge in [0.05, 0.1) is 6.10 Å². The molecular formula is C14H25NO2. The average molecular weight is 239 g/mol. The number of piperidine rings is 1. The lowest BCUT2D eigenvalue weighted by Gasteiger charge is -2.39. The first-order valence-electron chi connectivity index (χ1n) is 6.90. The van der Waals surface area contributed by atoms with E-state index < -0.39 is 0 Å². The molecule has 0 N–H and O–H groups in total. The Labute approximate surface area is 105 Å². The standard InChI is InChI=1S/C14H25NO2/c1-12-5-8-15(9-13(12)17-2)10-14(11-16)6-3-4-7-14/h11-13H,3-10H2,1-2H3. The van der Waals surface area contributed by atoms with Gasteiger partial charge in [-0.05, 0) is 31.7 Å². The quantitative estimate of drug-likeness (QED) is 0.704. The molecule has 1 aliphatic heterocycles. The molecule has 2 rings (SSSR count). The van der Waals surface area contributed by atoms with E-state index in [-0.39, 0.29) is 5.41 Å². The van der Waals surface area contributed by atoms with E-state index >= 15 is 0 Å². The number of nitrogens with zero attached hydrogens (tertiary/aromatic N) is 1. The zero-order valence-corrected chi connectivity index (χ0v) is 11.2. The molecule has 0 bridgehead atoms. The Morgan fingerprint density at radius 2 is 2.12 bits per heavy atom. The van der Waals surface area contributed by atoms with Crippen molar-refractivity contribution in [3.63, 3.8) is 0 Å². The Morgan fingerprint density at radius 1 is 1.41 bits per heavy atom. The summed E-state index contributed by atoms with van der Waals surface area (Å²) in [6, 6.07) is 0. The summed E-state index contributed by atoms with van der Waals surface area (Å²) in [4.78, 5) is 13.8. The summed E-state index contributed by atoms with van der Waals surface area (Å²) in [5.41, 5.74) is -0.0428. The molecular weight excluding hydrogens is 214 g/mol. The minimum absolute atomic E-state index is 0.0428. The first-order valence-corrected chi connectivity index (χ1v) is 6.90. The second-order valence-corrected chi connectivity index (χ2v) is 5.96. The molecule has 1 saturated carbocycles. The lowest BCUT2D eigenvalue weighted by Crippen LogP contribution is -2.48. The normalized spacial score (nSPS) is 33.8. The molecule has 0 aromatic heterocycles. The third-order valence-electron chi connectivity index (χ3n) is 4.66. The zero-order valence-electron chi connectivity index (χ0n) is 11.2. The highest BCUT2D eigenvalue weighted by Gasteiger charge is 2.37. The van der Waals surface area contributed by atoms with Crippen molar-refractivity contribution < 1.29 is 9.53 Å². The predicted octanol–water partition coefficient (Wildman–Crippen LogP) is 2.10. The third-order valence-corrected chi connectivity index (χ3v) is 4.66. The van der Waals surface area contributed by atoms with Crippen LogP contribution in [0.1, 0.15) is 39.0 Å². The molecule has 1 aliphatic carbocycles. The monoisotopic (exact) mass is 239 g/mol. The number of aldehydes is 1. The average Bonchev–Trinajstić information content (AvgIpc) is 2.81. The molecule has 98 valence electrons. The van der Waals surface area contributed by atoms with E-state index in [0.717, 1.165) is 32.5 Å². The highest BCUT2D eigenvalue weighted by molar-refractivity contribution is 5.60. The van der Waals surface area contributed by atoms with Gasteiger partial charge >= 0.3 is 0 Å². The van der Waals surface area contributed by atoms with Crippen LogP contribution in [0.15, 0.2) is 0 Å². The van der Waals surface area contributed by atoms with E-state index in [1.54, 1.807) is 7.11 Å². The molecule has 2 aliphatic rings. The maximum Gasteiger partial charge on any atom is 0.127 e. The Bertz CT molecular complexity index is 261. The largest absolute Gasteiger partial charge is 0.380 e. The van der Waals surface area contributed by atoms with Gasteiger partial charge in [-0.3, -0.25) is 4.90 Å². The van der Waals surface area contributed by atoms with Crippen LogP contribution in [0.25, 0.3) is 0 Å². The van der Waals surface area contributed by atoms with Crippen LogP contribution >= 0.6 is 0 Å². The van der Waals surface area contributed by atoms with Crippen LogP contribution < -0.4 is 0 Å². The summed E-state index contributed by atoms with van der Waals surface area (Å²) in [5, 5.41) is 0. The molecule has 2 atom stereocenters. The number of ether oxygens (including phenoxy) is 1. The zero-order chi connectivity index (χ0) is 12.3. The van der Waals surface area contributed by atoms with Gasteiger partial charge in [-0.25, -0.2) is 0 Å². The number of rotatable bonds is 4. The minimum Gasteiger partial charge on any atom is -0.380 e. The molecule has 1 heterocycles. The van der Waals surface area contributed by atoms with Crippen LogP contribution in [0, 0.1) is 11.3 Å². The lowest BCUT2D eigenvalue weighted by atomic mass is 9.86. The molecule has 1 saturated heterocycles. The fraction of sp³-hybridized carbons (Fsp3) is 0.929. The van der Waals surface area contributed by atoms with Crippen LogP contribution in [-0.2, 0) is 9.53 Å². The van der Waals surface area contributed by atoms with Gasteiger partial charge in [0.15, 0.2) is 0 Å². The van der Waals surface area contributed by atoms with Crippen molar-refractivity contribution >= 4 is 6.29 Å². The van der Waals surface area contributed by atoms with E-state index in [2.05, 4.69) is 11.8 Å². The lowest BCUT2D eigenvalue weighted by molar-refractivity contribution is -0.118. The van der Waals surface area contributed by atoms with Crippen molar-refractivity contribution in [2.24, 2.45) is 11.3 Å². The van der Waals surface area contributed by atoms with Gasteiger partial charge in [-0.2, -0.15) is 0 Å². The number of likely N-dealkylation sites (tertiary alicyclic amines) is 1. The van der Waals surface area contributed by atoms with Crippen LogP contribution in [0.2, 0.25) is 0 Å². The van der Waals surface area contributed by atoms with Gasteiger partial charge in [0.2, 0.25) is 0 Å². The number of carbonyl (C=O) groups is 1. The summed E-state index contributed by atoms with van der Waals surface area (Å²) in [6.07, 6.45) is 7.36. The number of methoxy groups -OCH3 is 1. The maximum absolute atomic E-state index is 11.4. The van der Waals surface area contributed by atoms with Gasteiger partial charge in [-0.1, -0.05) is 19.8 Å². The first kappa shape index (κ1) is 13.0. The maximum atomic E-state index is 11.4. The van der Waals surface area contributed by atoms with Gasteiger partial charge in [-0.15, -0.1) is 0 Å². The molecule has 2 fully saturated rings. The number of hydrogen-bond donors (Lipinski definition) is 0. The highest BCUT2D eigenvalue weighted by Crippen LogP contribution is 2.37. The van der Waals surface area contributed by atoms with Gasteiger partial charge < -0.3 is 9.53 Å². The minimum atomic E-state index is -0.0428. The fourth-order valence-electron chi connectivity index (χ4n) is 3.39. The van der Waals surface area contributed by atoms with E-state index in [9.17, 15) is 4.79 Å². The number of carbonyl (C=O) groups excluding carboxylic acids is 1. The second-order valence-electron chi connectivity index (χ2n) is 5.96. The van der Waals surface area contributed by atoms with Gasteiger partial charge in [0, 0.05) is 25.6 Å². The summed E-state index contributed by atoms with van der Waals surface area (Å²) >= 11 is 0. The molecule has 0 aromatic carbocycles. The van der Waals surface area contributed by atoms with E-state index in [0.29, 0.717) is 12.0 Å². The fourth-order valence-corrected chi connectivity index (χ4v) is 3.39. The summed E-state index contributed by atoms with van der Waals surface area (Å²) in [6.45, 7) is 5.32. The van der Waals surface area contributed by atoms with Crippen LogP contribution in [0.3, 0.4) is 0 Å². The summed E-state index contributed by atoms with van der Waals surface area (Å²) in [5.74, 6) is 0.645. The molecule has 3 nitrogen and oxygen atoms in total. The van der Waals surface area contributed by atoms with E-state index in [1.165, 1.54) is 25.5 Å². The predicted molar refractivity (Wildman–Crippen MR) is 68.0 cm³/mol. The van der Waals surface area contributed by atoms with Crippen LogP contribution in [-0.4, -0.2) is 44.0 Å². The van der Waals surface area contributed by atoms with E-state index in [1.807, 2.05) is 0 Å². The van der Waals surface area contributed by atoms with Crippen LogP contribution in [0.4, 0.5) is 0 Å². The molecule has 0 amide bonds. The Balaban J connectivity index is 1.92. The van der Waals surface area contributed by atoms with Gasteiger partial charge in [0.1, 0.15) is 6.29 Å². The number of hydrogen-bond acceptors (Lipinski definition) is 3. The van der Waals surface area contributed by atoms with Crippen molar-refractivity contribution in [1.29, 1.82) is 0 Å². The van der Waals surface area contributed by atoms with Crippen molar-refractivity contribution in [1.82, 2.24) is 4.90 Å². The van der Waals surface area contributed by atoms with Crippen LogP contribution in [0.5, 0.6) is 0 Å². The van der Waals surface area contributed by atoms with Crippen molar-refractivity contribution in [3.8, 4) is 0 Å². The molecule has 2 unspecified atom stereocenters. The topological polar surface area (TPSA) is 29.5 Å². The molecule has 0 spiro atoms. The first-order chi connectivity index (χ1) is 8.19. The Morgan fingerprint density at radius 3 is 2.71 bits per heavy atom. The Kier molecular flexibility index (Phi) is 4.21. The molecule has 3 heteroatoms. The molecule has 17 heavy (non-hydrogen) atoms. The van der Waals surface area contributed by atoms with Crippen molar-refractivity contribution in [3.05, 3.63) is 0 Å². The van der Waals surface area contributed by atoms with E-state index in [4.69, 9.17) is 4.74 Å².